The molecule has 0 radical (unpaired) electrons. The molecule has 80 valence electrons. The topological polar surface area (TPSA) is 67.4 Å². The molecule has 0 aromatic rings. The zero-order valence-electron chi connectivity index (χ0n) is 8.88. The summed E-state index contributed by atoms with van der Waals surface area (Å²) in [5.74, 6) is -0.164. The zero-order chi connectivity index (χ0) is 10.9. The summed E-state index contributed by atoms with van der Waals surface area (Å²) in [6.45, 7) is 7.15. The number of carbonyl (C=O) groups is 2. The molecule has 0 aromatic heterocycles. The smallest absolute Gasteiger partial charge is 0.408 e. The third-order valence-electron chi connectivity index (χ3n) is 1.82. The Kier molecular flexibility index (Phi) is 2.69. The van der Waals surface area contributed by atoms with Gasteiger partial charge in [0.2, 0.25) is 5.91 Å². The van der Waals surface area contributed by atoms with Crippen molar-refractivity contribution in [3.63, 3.8) is 0 Å². The summed E-state index contributed by atoms with van der Waals surface area (Å²) in [7, 11) is 0. The van der Waals surface area contributed by atoms with Gasteiger partial charge in [0.05, 0.1) is 6.04 Å². The van der Waals surface area contributed by atoms with Crippen LogP contribution >= 0.6 is 0 Å². The Morgan fingerprint density at radius 2 is 2.07 bits per heavy atom. The summed E-state index contributed by atoms with van der Waals surface area (Å²) in [5.41, 5.74) is -0.534. The van der Waals surface area contributed by atoms with Gasteiger partial charge in [-0.15, -0.1) is 0 Å². The summed E-state index contributed by atoms with van der Waals surface area (Å²) >= 11 is 0. The summed E-state index contributed by atoms with van der Waals surface area (Å²) < 4.78 is 5.01. The van der Waals surface area contributed by atoms with Gasteiger partial charge in [-0.25, -0.2) is 4.79 Å². The first-order valence-electron chi connectivity index (χ1n) is 4.59. The molecule has 1 aliphatic heterocycles. The number of rotatable bonds is 1. The van der Waals surface area contributed by atoms with Crippen molar-refractivity contribution >= 4 is 12.0 Å². The quantitative estimate of drug-likeness (QED) is 0.602. The zero-order valence-corrected chi connectivity index (χ0v) is 8.88. The largest absolute Gasteiger partial charge is 0.444 e. The van der Waals surface area contributed by atoms with Crippen LogP contribution in [0.5, 0.6) is 0 Å². The Bertz CT molecular complexity index is 257. The Morgan fingerprint density at radius 1 is 1.50 bits per heavy atom. The van der Waals surface area contributed by atoms with Crippen LogP contribution in [-0.4, -0.2) is 29.7 Å². The molecule has 5 heteroatoms. The van der Waals surface area contributed by atoms with Gasteiger partial charge in [0.15, 0.2) is 0 Å². The summed E-state index contributed by atoms with van der Waals surface area (Å²) in [4.78, 5) is 22.2. The molecule has 1 heterocycles. The van der Waals surface area contributed by atoms with Crippen molar-refractivity contribution in [2.75, 3.05) is 0 Å². The minimum atomic E-state index is -0.552. The summed E-state index contributed by atoms with van der Waals surface area (Å²) in [6.07, 6.45) is -0.552. The maximum atomic E-state index is 11.2. The lowest BCUT2D eigenvalue weighted by Crippen LogP contribution is -2.68. The molecule has 2 atom stereocenters. The lowest BCUT2D eigenvalue weighted by atomic mass is 10.0. The monoisotopic (exact) mass is 200 g/mol. The molecule has 1 fully saturated rings. The third kappa shape index (κ3) is 2.61. The van der Waals surface area contributed by atoms with Crippen LogP contribution in [0, 0.1) is 0 Å². The molecule has 2 amide bonds. The Hall–Kier alpha value is -1.26. The first-order valence-corrected chi connectivity index (χ1v) is 4.59. The van der Waals surface area contributed by atoms with Crippen molar-refractivity contribution in [2.24, 2.45) is 0 Å². The van der Waals surface area contributed by atoms with Crippen molar-refractivity contribution in [2.45, 2.75) is 45.4 Å². The molecule has 1 saturated heterocycles. The molecule has 1 rings (SSSR count). The molecule has 2 unspecified atom stereocenters. The van der Waals surface area contributed by atoms with E-state index >= 15 is 0 Å². The first kappa shape index (κ1) is 10.8. The molecule has 0 bridgehead atoms. The summed E-state index contributed by atoms with van der Waals surface area (Å²) in [6, 6.07) is -0.472. The van der Waals surface area contributed by atoms with E-state index < -0.39 is 17.7 Å². The number of carbonyl (C=O) groups excluding carboxylic acids is 2. The van der Waals surface area contributed by atoms with Crippen LogP contribution in [0.3, 0.4) is 0 Å². The Balaban J connectivity index is 2.38. The fraction of sp³-hybridized carbons (Fsp3) is 0.778. The van der Waals surface area contributed by atoms with E-state index in [4.69, 9.17) is 4.74 Å². The van der Waals surface area contributed by atoms with Crippen molar-refractivity contribution < 1.29 is 14.3 Å². The molecular weight excluding hydrogens is 184 g/mol. The van der Waals surface area contributed by atoms with Gasteiger partial charge >= 0.3 is 6.09 Å². The van der Waals surface area contributed by atoms with E-state index in [2.05, 4.69) is 10.6 Å². The van der Waals surface area contributed by atoms with Gasteiger partial charge in [0, 0.05) is 0 Å². The number of nitrogens with one attached hydrogen (secondary N) is 2. The lowest BCUT2D eigenvalue weighted by molar-refractivity contribution is -0.131. The predicted molar refractivity (Wildman–Crippen MR) is 50.8 cm³/mol. The maximum Gasteiger partial charge on any atom is 0.408 e. The van der Waals surface area contributed by atoms with Crippen LogP contribution in [0.1, 0.15) is 27.7 Å². The van der Waals surface area contributed by atoms with Gasteiger partial charge < -0.3 is 15.4 Å². The van der Waals surface area contributed by atoms with Crippen LogP contribution in [0.2, 0.25) is 0 Å². The van der Waals surface area contributed by atoms with Crippen molar-refractivity contribution in [1.82, 2.24) is 10.6 Å². The lowest BCUT2D eigenvalue weighted by Gasteiger charge is -2.34. The molecule has 2 N–H and O–H groups in total. The summed E-state index contributed by atoms with van der Waals surface area (Å²) in [5, 5.41) is 5.11. The van der Waals surface area contributed by atoms with Crippen LogP contribution in [0.25, 0.3) is 0 Å². The van der Waals surface area contributed by atoms with Gasteiger partial charge in [-0.3, -0.25) is 4.79 Å². The highest BCUT2D eigenvalue weighted by Gasteiger charge is 2.37. The second-order valence-electron chi connectivity index (χ2n) is 4.42. The highest BCUT2D eigenvalue weighted by Crippen LogP contribution is 2.09. The average Bonchev–Trinajstić information content (AvgIpc) is 1.98. The minimum Gasteiger partial charge on any atom is -0.444 e. The van der Waals surface area contributed by atoms with Gasteiger partial charge in [-0.1, -0.05) is 0 Å². The van der Waals surface area contributed by atoms with E-state index in [-0.39, 0.29) is 11.9 Å². The van der Waals surface area contributed by atoms with Crippen molar-refractivity contribution in [1.29, 1.82) is 0 Å². The molecule has 0 aliphatic carbocycles. The number of hydrogen-bond acceptors (Lipinski definition) is 3. The number of hydrogen-bond donors (Lipinski definition) is 2. The standard InChI is InChI=1S/C9H16N2O3/c1-5-6(7(12)10-5)11-8(13)14-9(2,3)4/h5-6H,1-4H3,(H,10,12)(H,11,13). The Morgan fingerprint density at radius 3 is 2.43 bits per heavy atom. The van der Waals surface area contributed by atoms with Gasteiger partial charge in [-0.05, 0) is 27.7 Å². The first-order chi connectivity index (χ1) is 6.29. The fourth-order valence-electron chi connectivity index (χ4n) is 1.15. The van der Waals surface area contributed by atoms with Crippen LogP contribution in [0.15, 0.2) is 0 Å². The van der Waals surface area contributed by atoms with Gasteiger partial charge in [-0.2, -0.15) is 0 Å². The van der Waals surface area contributed by atoms with Gasteiger partial charge in [0.25, 0.3) is 0 Å². The normalized spacial score (nSPS) is 26.1. The van der Waals surface area contributed by atoms with E-state index in [1.165, 1.54) is 0 Å². The SMILES string of the molecule is CC1NC(=O)C1NC(=O)OC(C)(C)C. The molecule has 0 spiro atoms. The molecule has 0 saturated carbocycles. The van der Waals surface area contributed by atoms with Gasteiger partial charge in [0.1, 0.15) is 11.6 Å². The van der Waals surface area contributed by atoms with Crippen molar-refractivity contribution in [3.05, 3.63) is 0 Å². The number of amides is 2. The van der Waals surface area contributed by atoms with E-state index in [0.29, 0.717) is 0 Å². The highest BCUT2D eigenvalue weighted by molar-refractivity contribution is 5.92. The fourth-order valence-corrected chi connectivity index (χ4v) is 1.15. The molecule has 0 aromatic carbocycles. The highest BCUT2D eigenvalue weighted by atomic mass is 16.6. The molecule has 1 aliphatic rings. The minimum absolute atomic E-state index is 0.0185. The second kappa shape index (κ2) is 3.48. The van der Waals surface area contributed by atoms with Crippen molar-refractivity contribution in [3.8, 4) is 0 Å². The number of alkyl carbamates (subject to hydrolysis) is 1. The average molecular weight is 200 g/mol. The van der Waals surface area contributed by atoms with Crippen LogP contribution < -0.4 is 10.6 Å². The molecular formula is C9H16N2O3. The third-order valence-corrected chi connectivity index (χ3v) is 1.82. The molecule has 5 nitrogen and oxygen atoms in total. The van der Waals surface area contributed by atoms with E-state index in [1.54, 1.807) is 20.8 Å². The molecule has 14 heavy (non-hydrogen) atoms. The Labute approximate surface area is 83.2 Å². The van der Waals surface area contributed by atoms with Crippen LogP contribution in [0.4, 0.5) is 4.79 Å². The van der Waals surface area contributed by atoms with E-state index in [1.807, 2.05) is 6.92 Å². The van der Waals surface area contributed by atoms with E-state index in [0.717, 1.165) is 0 Å². The van der Waals surface area contributed by atoms with E-state index in [9.17, 15) is 9.59 Å². The number of ether oxygens (including phenoxy) is 1. The second-order valence-corrected chi connectivity index (χ2v) is 4.42. The predicted octanol–water partition coefficient (Wildman–Crippen LogP) is 0.398. The number of β-lactam (4-membered cyclic amide) rings is 1. The van der Waals surface area contributed by atoms with Crippen LogP contribution in [-0.2, 0) is 9.53 Å². The maximum absolute atomic E-state index is 11.2.